The number of amides is 1. The van der Waals surface area contributed by atoms with Crippen molar-refractivity contribution in [2.24, 2.45) is 5.41 Å². The minimum Gasteiger partial charge on any atom is -0.503 e. The third-order valence-corrected chi connectivity index (χ3v) is 5.18. The molecule has 1 aliphatic heterocycles. The lowest BCUT2D eigenvalue weighted by atomic mass is 9.82. The van der Waals surface area contributed by atoms with Crippen LogP contribution in [-0.4, -0.2) is 21.8 Å². The summed E-state index contributed by atoms with van der Waals surface area (Å²) >= 11 is 0. The summed E-state index contributed by atoms with van der Waals surface area (Å²) in [5.41, 5.74) is 0.752. The van der Waals surface area contributed by atoms with Gasteiger partial charge in [0.05, 0.1) is 17.3 Å². The van der Waals surface area contributed by atoms with Crippen LogP contribution in [0, 0.1) is 5.41 Å². The molecule has 5 heteroatoms. The number of aromatic nitrogens is 1. The molecular weight excluding hydrogens is 364 g/mol. The fourth-order valence-electron chi connectivity index (χ4n) is 3.77. The van der Waals surface area contributed by atoms with Crippen LogP contribution < -0.4 is 4.90 Å². The molecule has 1 atom stereocenters. The summed E-state index contributed by atoms with van der Waals surface area (Å²) in [6.45, 7) is 5.35. The number of Topliss-reactive ketones (excluding diaryl/α,β-unsaturated/α-hetero) is 1. The van der Waals surface area contributed by atoms with Crippen LogP contribution in [0.15, 0.2) is 78.3 Å². The second kappa shape index (κ2) is 6.85. The van der Waals surface area contributed by atoms with Gasteiger partial charge in [-0.15, -0.1) is 0 Å². The maximum atomic E-state index is 13.2. The first-order valence-corrected chi connectivity index (χ1v) is 9.50. The van der Waals surface area contributed by atoms with Crippen LogP contribution in [-0.2, 0) is 9.59 Å². The Morgan fingerprint density at radius 3 is 2.34 bits per heavy atom. The lowest BCUT2D eigenvalue weighted by molar-refractivity contribution is -0.123. The van der Waals surface area contributed by atoms with Crippen molar-refractivity contribution < 1.29 is 14.7 Å². The van der Waals surface area contributed by atoms with Gasteiger partial charge in [-0.25, -0.2) is 0 Å². The number of ketones is 1. The summed E-state index contributed by atoms with van der Waals surface area (Å²) in [6, 6.07) is 16.2. The normalized spacial score (nSPS) is 17.3. The Morgan fingerprint density at radius 2 is 1.66 bits per heavy atom. The summed E-state index contributed by atoms with van der Waals surface area (Å²) in [5.74, 6) is -1.32. The highest BCUT2D eigenvalue weighted by Gasteiger charge is 2.46. The van der Waals surface area contributed by atoms with Crippen molar-refractivity contribution >= 4 is 28.2 Å². The van der Waals surface area contributed by atoms with Crippen LogP contribution >= 0.6 is 0 Å². The minimum atomic E-state index is -0.746. The van der Waals surface area contributed by atoms with E-state index < -0.39 is 23.1 Å². The molecule has 0 spiro atoms. The molecule has 4 rings (SSSR count). The van der Waals surface area contributed by atoms with Crippen molar-refractivity contribution in [1.82, 2.24) is 4.98 Å². The summed E-state index contributed by atoms with van der Waals surface area (Å²) in [5, 5.41) is 12.6. The first-order valence-electron chi connectivity index (χ1n) is 9.50. The molecule has 0 bridgehead atoms. The predicted octanol–water partition coefficient (Wildman–Crippen LogP) is 4.75. The molecule has 3 aromatic rings. The van der Waals surface area contributed by atoms with Gasteiger partial charge in [-0.1, -0.05) is 57.2 Å². The monoisotopic (exact) mass is 386 g/mol. The number of hydrogen-bond donors (Lipinski definition) is 1. The molecule has 2 aromatic carbocycles. The molecule has 1 N–H and O–H groups in total. The smallest absolute Gasteiger partial charge is 0.294 e. The largest absolute Gasteiger partial charge is 0.503 e. The van der Waals surface area contributed by atoms with Gasteiger partial charge in [0, 0.05) is 23.2 Å². The van der Waals surface area contributed by atoms with Crippen LogP contribution in [0.1, 0.15) is 32.4 Å². The Bertz CT molecular complexity index is 1140. The number of carbonyl (C=O) groups excluding carboxylic acids is 2. The Balaban J connectivity index is 1.97. The van der Waals surface area contributed by atoms with Crippen LogP contribution in [0.4, 0.5) is 5.69 Å². The topological polar surface area (TPSA) is 70.5 Å². The van der Waals surface area contributed by atoms with Gasteiger partial charge in [0.1, 0.15) is 0 Å². The lowest BCUT2D eigenvalue weighted by Crippen LogP contribution is -2.33. The van der Waals surface area contributed by atoms with E-state index in [2.05, 4.69) is 4.98 Å². The highest BCUT2D eigenvalue weighted by atomic mass is 16.3. The van der Waals surface area contributed by atoms with Crippen molar-refractivity contribution in [2.45, 2.75) is 26.8 Å². The van der Waals surface area contributed by atoms with Crippen molar-refractivity contribution in [2.75, 3.05) is 4.90 Å². The van der Waals surface area contributed by atoms with Gasteiger partial charge < -0.3 is 5.11 Å². The third-order valence-electron chi connectivity index (χ3n) is 5.18. The van der Waals surface area contributed by atoms with Gasteiger partial charge in [-0.2, -0.15) is 0 Å². The Morgan fingerprint density at radius 1 is 1.00 bits per heavy atom. The number of anilines is 1. The van der Waals surface area contributed by atoms with Gasteiger partial charge in [-0.05, 0) is 29.1 Å². The van der Waals surface area contributed by atoms with Crippen molar-refractivity contribution in [3.05, 3.63) is 83.9 Å². The van der Waals surface area contributed by atoms with E-state index in [1.54, 1.807) is 45.3 Å². The summed E-state index contributed by atoms with van der Waals surface area (Å²) in [7, 11) is 0. The average Bonchev–Trinajstić information content (AvgIpc) is 2.97. The molecule has 2 heterocycles. The van der Waals surface area contributed by atoms with E-state index in [4.69, 9.17) is 0 Å². The fourth-order valence-corrected chi connectivity index (χ4v) is 3.77. The number of aliphatic hydroxyl groups is 1. The number of benzene rings is 2. The summed E-state index contributed by atoms with van der Waals surface area (Å²) in [4.78, 5) is 32.0. The molecule has 1 aliphatic rings. The fraction of sp³-hybridized carbons (Fsp3) is 0.208. The van der Waals surface area contributed by atoms with E-state index in [9.17, 15) is 14.7 Å². The van der Waals surface area contributed by atoms with Crippen LogP contribution in [0.5, 0.6) is 0 Å². The Labute approximate surface area is 169 Å². The molecule has 29 heavy (non-hydrogen) atoms. The maximum absolute atomic E-state index is 13.2. The second-order valence-corrected chi connectivity index (χ2v) is 8.20. The van der Waals surface area contributed by atoms with Gasteiger partial charge in [0.25, 0.3) is 5.91 Å². The van der Waals surface area contributed by atoms with Crippen LogP contribution in [0.2, 0.25) is 0 Å². The minimum absolute atomic E-state index is 0.127. The van der Waals surface area contributed by atoms with E-state index in [0.717, 1.165) is 16.3 Å². The zero-order valence-corrected chi connectivity index (χ0v) is 16.6. The van der Waals surface area contributed by atoms with Crippen molar-refractivity contribution in [1.29, 1.82) is 0 Å². The number of fused-ring (bicyclic) bond motifs is 1. The zero-order valence-electron chi connectivity index (χ0n) is 16.6. The SMILES string of the molecule is CC(C)(C)C(=O)C1=C(O)C(=O)N(c2cccc3ccccc23)C1c1ccncc1. The Hall–Kier alpha value is -3.47. The highest BCUT2D eigenvalue weighted by molar-refractivity contribution is 6.19. The van der Waals surface area contributed by atoms with Gasteiger partial charge in [0.15, 0.2) is 11.5 Å². The molecule has 0 saturated heterocycles. The van der Waals surface area contributed by atoms with E-state index in [0.29, 0.717) is 5.69 Å². The van der Waals surface area contributed by atoms with Gasteiger partial charge in [0.2, 0.25) is 0 Å². The molecule has 146 valence electrons. The average molecular weight is 386 g/mol. The number of carbonyl (C=O) groups is 2. The van der Waals surface area contributed by atoms with Gasteiger partial charge in [-0.3, -0.25) is 19.5 Å². The molecular formula is C24H22N2O3. The zero-order chi connectivity index (χ0) is 20.8. The number of nitrogens with zero attached hydrogens (tertiary/aromatic N) is 2. The van der Waals surface area contributed by atoms with E-state index in [1.807, 2.05) is 42.5 Å². The molecule has 0 radical (unpaired) electrons. The van der Waals surface area contributed by atoms with E-state index >= 15 is 0 Å². The summed E-state index contributed by atoms with van der Waals surface area (Å²) < 4.78 is 0. The van der Waals surface area contributed by atoms with E-state index in [-0.39, 0.29) is 11.4 Å². The maximum Gasteiger partial charge on any atom is 0.294 e. The number of hydrogen-bond acceptors (Lipinski definition) is 4. The quantitative estimate of drug-likeness (QED) is 0.705. The lowest BCUT2D eigenvalue weighted by Gasteiger charge is -2.29. The molecule has 1 unspecified atom stereocenters. The first kappa shape index (κ1) is 18.9. The third kappa shape index (κ3) is 3.09. The number of pyridine rings is 1. The molecule has 0 aliphatic carbocycles. The van der Waals surface area contributed by atoms with E-state index in [1.165, 1.54) is 4.90 Å². The molecule has 0 saturated carbocycles. The van der Waals surface area contributed by atoms with Crippen LogP contribution in [0.25, 0.3) is 10.8 Å². The highest BCUT2D eigenvalue weighted by Crippen LogP contribution is 2.44. The molecule has 5 nitrogen and oxygen atoms in total. The van der Waals surface area contributed by atoms with Crippen molar-refractivity contribution in [3.63, 3.8) is 0 Å². The Kier molecular flexibility index (Phi) is 4.46. The number of rotatable bonds is 3. The second-order valence-electron chi connectivity index (χ2n) is 8.20. The standard InChI is InChI=1S/C24H22N2O3/c1-24(2,3)22(28)19-20(16-11-13-25-14-12-16)26(23(29)21(19)27)18-10-6-8-15-7-4-5-9-17(15)18/h4-14,20,27H,1-3H3. The summed E-state index contributed by atoms with van der Waals surface area (Å²) in [6.07, 6.45) is 3.24. The first-order chi connectivity index (χ1) is 13.8. The van der Waals surface area contributed by atoms with Gasteiger partial charge >= 0.3 is 0 Å². The van der Waals surface area contributed by atoms with Crippen LogP contribution in [0.3, 0.4) is 0 Å². The molecule has 1 aromatic heterocycles. The molecule has 1 amide bonds. The number of aliphatic hydroxyl groups excluding tert-OH is 1. The molecule has 0 fully saturated rings. The van der Waals surface area contributed by atoms with Crippen molar-refractivity contribution in [3.8, 4) is 0 Å². The predicted molar refractivity (Wildman–Crippen MR) is 113 cm³/mol.